The minimum Gasteiger partial charge on any atom is -0.461 e. The molecule has 2 rings (SSSR count). The van der Waals surface area contributed by atoms with Crippen molar-refractivity contribution in [3.63, 3.8) is 0 Å². The second-order valence-corrected chi connectivity index (χ2v) is 5.33. The van der Waals surface area contributed by atoms with Crippen molar-refractivity contribution in [1.29, 1.82) is 0 Å². The molecule has 0 spiro atoms. The van der Waals surface area contributed by atoms with Crippen LogP contribution < -0.4 is 0 Å². The van der Waals surface area contributed by atoms with Gasteiger partial charge in [0.25, 0.3) is 0 Å². The predicted molar refractivity (Wildman–Crippen MR) is 50.5 cm³/mol. The number of hydrogen-bond acceptors (Lipinski definition) is 3. The molecule has 0 bridgehead atoms. The number of hydrogen-bond donors (Lipinski definition) is 1. The first kappa shape index (κ1) is 9.46. The van der Waals surface area contributed by atoms with Crippen LogP contribution in [0, 0.1) is 11.8 Å². The van der Waals surface area contributed by atoms with Crippen LogP contribution in [-0.2, 0) is 9.53 Å². The van der Waals surface area contributed by atoms with Gasteiger partial charge in [-0.05, 0) is 19.3 Å². The Morgan fingerprint density at radius 1 is 1.54 bits per heavy atom. The number of ether oxygens (including phenoxy) is 1. The van der Waals surface area contributed by atoms with Crippen molar-refractivity contribution in [3.8, 4) is 0 Å². The van der Waals surface area contributed by atoms with E-state index in [1.165, 1.54) is 0 Å². The quantitative estimate of drug-likeness (QED) is 0.588. The monoisotopic (exact) mass is 248 g/mol. The Balaban J connectivity index is 1.86. The van der Waals surface area contributed by atoms with Crippen LogP contribution in [0.15, 0.2) is 0 Å². The van der Waals surface area contributed by atoms with Crippen LogP contribution in [0.5, 0.6) is 0 Å². The summed E-state index contributed by atoms with van der Waals surface area (Å²) in [7, 11) is 0. The van der Waals surface area contributed by atoms with Gasteiger partial charge in [-0.15, -0.1) is 0 Å². The van der Waals surface area contributed by atoms with E-state index in [9.17, 15) is 9.90 Å². The Morgan fingerprint density at radius 3 is 2.62 bits per heavy atom. The fourth-order valence-corrected chi connectivity index (χ4v) is 2.18. The average Bonchev–Trinajstić information content (AvgIpc) is 2.76. The van der Waals surface area contributed by atoms with Crippen molar-refractivity contribution in [2.24, 2.45) is 11.8 Å². The largest absolute Gasteiger partial charge is 0.461 e. The zero-order valence-electron chi connectivity index (χ0n) is 7.44. The molecule has 0 aliphatic heterocycles. The lowest BCUT2D eigenvalue weighted by molar-refractivity contribution is -0.148. The summed E-state index contributed by atoms with van der Waals surface area (Å²) in [5, 5.41) is 9.46. The van der Waals surface area contributed by atoms with E-state index in [1.807, 2.05) is 0 Å². The number of aliphatic hydroxyl groups is 1. The SMILES string of the molecule is C[C@H](Br)C(=O)O[C@H]1C[C@@H](O)C2CC21. The number of carbonyl (C=O) groups excluding carboxylic acids is 1. The number of halogens is 1. The summed E-state index contributed by atoms with van der Waals surface area (Å²) in [5.41, 5.74) is 0. The summed E-state index contributed by atoms with van der Waals surface area (Å²) >= 11 is 3.16. The summed E-state index contributed by atoms with van der Waals surface area (Å²) in [6.45, 7) is 1.75. The lowest BCUT2D eigenvalue weighted by atomic mass is 10.2. The first-order valence-electron chi connectivity index (χ1n) is 4.62. The van der Waals surface area contributed by atoms with Gasteiger partial charge in [0.1, 0.15) is 10.9 Å². The maximum absolute atomic E-state index is 11.2. The summed E-state index contributed by atoms with van der Waals surface area (Å²) < 4.78 is 5.25. The molecule has 2 unspecified atom stereocenters. The molecule has 0 radical (unpaired) electrons. The third-order valence-corrected chi connectivity index (χ3v) is 3.30. The van der Waals surface area contributed by atoms with E-state index in [0.717, 1.165) is 6.42 Å². The second kappa shape index (κ2) is 3.24. The minimum absolute atomic E-state index is 0.0347. The van der Waals surface area contributed by atoms with E-state index in [2.05, 4.69) is 15.9 Å². The number of rotatable bonds is 2. The zero-order chi connectivity index (χ0) is 9.59. The highest BCUT2D eigenvalue weighted by Crippen LogP contribution is 2.53. The normalized spacial score (nSPS) is 43.9. The fourth-order valence-electron chi connectivity index (χ4n) is 2.07. The van der Waals surface area contributed by atoms with Crippen molar-refractivity contribution < 1.29 is 14.6 Å². The molecule has 3 nitrogen and oxygen atoms in total. The van der Waals surface area contributed by atoms with Gasteiger partial charge in [0.2, 0.25) is 0 Å². The van der Waals surface area contributed by atoms with E-state index in [-0.39, 0.29) is 23.0 Å². The molecule has 2 aliphatic carbocycles. The first-order chi connectivity index (χ1) is 6.09. The van der Waals surface area contributed by atoms with E-state index in [1.54, 1.807) is 6.92 Å². The maximum atomic E-state index is 11.2. The summed E-state index contributed by atoms with van der Waals surface area (Å²) in [4.78, 5) is 11.0. The summed E-state index contributed by atoms with van der Waals surface area (Å²) in [6.07, 6.45) is 1.37. The molecule has 2 aliphatic rings. The lowest BCUT2D eigenvalue weighted by Crippen LogP contribution is -2.24. The Hall–Kier alpha value is -0.0900. The number of carbonyl (C=O) groups is 1. The van der Waals surface area contributed by atoms with Gasteiger partial charge in [-0.3, -0.25) is 4.79 Å². The van der Waals surface area contributed by atoms with Crippen LogP contribution in [0.4, 0.5) is 0 Å². The van der Waals surface area contributed by atoms with Crippen LogP contribution >= 0.6 is 15.9 Å². The molecule has 0 amide bonds. The lowest BCUT2D eigenvalue weighted by Gasteiger charge is -2.15. The van der Waals surface area contributed by atoms with Crippen molar-refractivity contribution >= 4 is 21.9 Å². The molecule has 74 valence electrons. The zero-order valence-corrected chi connectivity index (χ0v) is 9.03. The Bertz CT molecular complexity index is 229. The molecule has 0 aromatic carbocycles. The van der Waals surface area contributed by atoms with Gasteiger partial charge in [0.15, 0.2) is 0 Å². The highest BCUT2D eigenvalue weighted by molar-refractivity contribution is 9.10. The second-order valence-electron chi connectivity index (χ2n) is 3.96. The molecule has 2 fully saturated rings. The molecule has 5 atom stereocenters. The number of aliphatic hydroxyl groups excluding tert-OH is 1. The van der Waals surface area contributed by atoms with Gasteiger partial charge < -0.3 is 9.84 Å². The highest BCUT2D eigenvalue weighted by atomic mass is 79.9. The molecular formula is C9H13BrO3. The maximum Gasteiger partial charge on any atom is 0.319 e. The van der Waals surface area contributed by atoms with Gasteiger partial charge >= 0.3 is 5.97 Å². The Labute approximate surface area is 85.6 Å². The third kappa shape index (κ3) is 1.74. The Morgan fingerprint density at radius 2 is 2.23 bits per heavy atom. The number of fused-ring (bicyclic) bond motifs is 1. The Kier molecular flexibility index (Phi) is 2.36. The van der Waals surface area contributed by atoms with E-state index in [4.69, 9.17) is 4.74 Å². The van der Waals surface area contributed by atoms with E-state index >= 15 is 0 Å². The van der Waals surface area contributed by atoms with E-state index < -0.39 is 0 Å². The number of esters is 1. The molecule has 1 N–H and O–H groups in total. The van der Waals surface area contributed by atoms with Crippen molar-refractivity contribution in [3.05, 3.63) is 0 Å². The standard InChI is InChI=1S/C9H13BrO3/c1-4(10)9(12)13-8-3-7(11)5-2-6(5)8/h4-8,11H,2-3H2,1H3/t4-,5?,6?,7+,8-/m0/s1. The van der Waals surface area contributed by atoms with Crippen LogP contribution in [0.3, 0.4) is 0 Å². The molecule has 2 saturated carbocycles. The molecule has 0 saturated heterocycles. The molecule has 0 heterocycles. The van der Waals surface area contributed by atoms with Crippen molar-refractivity contribution in [1.82, 2.24) is 0 Å². The molecule has 0 aromatic heterocycles. The summed E-state index contributed by atoms with van der Waals surface area (Å²) in [5.74, 6) is 0.624. The molecule has 13 heavy (non-hydrogen) atoms. The predicted octanol–water partition coefficient (Wildman–Crippen LogP) is 1.08. The minimum atomic E-state index is -0.248. The van der Waals surface area contributed by atoms with Gasteiger partial charge in [-0.2, -0.15) is 0 Å². The van der Waals surface area contributed by atoms with Crippen molar-refractivity contribution in [2.75, 3.05) is 0 Å². The van der Waals surface area contributed by atoms with Crippen LogP contribution in [0.25, 0.3) is 0 Å². The van der Waals surface area contributed by atoms with Gasteiger partial charge in [0.05, 0.1) is 6.10 Å². The first-order valence-corrected chi connectivity index (χ1v) is 5.54. The van der Waals surface area contributed by atoms with Gasteiger partial charge in [-0.1, -0.05) is 15.9 Å². The fraction of sp³-hybridized carbons (Fsp3) is 0.889. The average molecular weight is 249 g/mol. The molecule has 4 heteroatoms. The third-order valence-electron chi connectivity index (χ3n) is 2.93. The summed E-state index contributed by atoms with van der Waals surface area (Å²) in [6, 6.07) is 0. The topological polar surface area (TPSA) is 46.5 Å². The van der Waals surface area contributed by atoms with Crippen LogP contribution in [-0.4, -0.2) is 28.1 Å². The van der Waals surface area contributed by atoms with Gasteiger partial charge in [-0.25, -0.2) is 0 Å². The molecule has 0 aromatic rings. The van der Waals surface area contributed by atoms with E-state index in [0.29, 0.717) is 18.3 Å². The molecular weight excluding hydrogens is 236 g/mol. The van der Waals surface area contributed by atoms with Crippen LogP contribution in [0.1, 0.15) is 19.8 Å². The number of alkyl halides is 1. The van der Waals surface area contributed by atoms with Gasteiger partial charge in [0, 0.05) is 12.3 Å². The smallest absolute Gasteiger partial charge is 0.319 e. The van der Waals surface area contributed by atoms with Crippen molar-refractivity contribution in [2.45, 2.75) is 36.8 Å². The highest BCUT2D eigenvalue weighted by Gasteiger charge is 2.55. The van der Waals surface area contributed by atoms with Crippen LogP contribution in [0.2, 0.25) is 0 Å².